The van der Waals surface area contributed by atoms with E-state index in [1.165, 1.54) is 4.90 Å². The average Bonchev–Trinajstić information content (AvgIpc) is 2.85. The van der Waals surface area contributed by atoms with Gasteiger partial charge in [0, 0.05) is 25.2 Å². The third-order valence-electron chi connectivity index (χ3n) is 3.30. The summed E-state index contributed by atoms with van der Waals surface area (Å²) >= 11 is 0. The van der Waals surface area contributed by atoms with Gasteiger partial charge >= 0.3 is 0 Å². The lowest BCUT2D eigenvalue weighted by Crippen LogP contribution is -2.40. The van der Waals surface area contributed by atoms with Crippen LogP contribution in [0.2, 0.25) is 0 Å². The van der Waals surface area contributed by atoms with Gasteiger partial charge in [-0.1, -0.05) is 0 Å². The molecular weight excluding hydrogens is 253 g/mol. The van der Waals surface area contributed by atoms with E-state index in [0.29, 0.717) is 13.1 Å². The van der Waals surface area contributed by atoms with Crippen molar-refractivity contribution >= 4 is 11.6 Å². The second-order valence-corrected chi connectivity index (χ2v) is 4.45. The lowest BCUT2D eigenvalue weighted by atomic mass is 10.1. The van der Waals surface area contributed by atoms with Crippen molar-refractivity contribution in [2.24, 2.45) is 5.73 Å². The molecule has 2 N–H and O–H groups in total. The van der Waals surface area contributed by atoms with Gasteiger partial charge in [-0.15, -0.1) is 0 Å². The molecular formula is C12H14FN3O3. The zero-order valence-electron chi connectivity index (χ0n) is 10.2. The van der Waals surface area contributed by atoms with E-state index in [2.05, 4.69) is 0 Å². The highest BCUT2D eigenvalue weighted by Gasteiger charge is 2.30. The van der Waals surface area contributed by atoms with E-state index in [-0.39, 0.29) is 17.3 Å². The summed E-state index contributed by atoms with van der Waals surface area (Å²) in [6.07, 6.45) is 1.64. The summed E-state index contributed by atoms with van der Waals surface area (Å²) in [5.74, 6) is -1.33. The van der Waals surface area contributed by atoms with Crippen molar-refractivity contribution in [2.75, 3.05) is 13.1 Å². The number of carbonyl (C=O) groups is 1. The minimum atomic E-state index is -0.873. The minimum absolute atomic E-state index is 0.0814. The molecule has 0 radical (unpaired) electrons. The van der Waals surface area contributed by atoms with Crippen LogP contribution in [-0.2, 0) is 0 Å². The third kappa shape index (κ3) is 2.55. The van der Waals surface area contributed by atoms with Gasteiger partial charge in [-0.25, -0.2) is 4.39 Å². The molecule has 1 fully saturated rings. The molecule has 7 heteroatoms. The molecule has 2 rings (SSSR count). The number of hydrogen-bond acceptors (Lipinski definition) is 4. The van der Waals surface area contributed by atoms with Crippen LogP contribution in [0.5, 0.6) is 0 Å². The molecule has 6 nitrogen and oxygen atoms in total. The van der Waals surface area contributed by atoms with Crippen molar-refractivity contribution in [3.63, 3.8) is 0 Å². The maximum absolute atomic E-state index is 13.8. The first kappa shape index (κ1) is 13.4. The van der Waals surface area contributed by atoms with E-state index in [1.807, 2.05) is 0 Å². The molecule has 0 saturated carbocycles. The molecule has 1 aromatic carbocycles. The maximum atomic E-state index is 13.8. The summed E-state index contributed by atoms with van der Waals surface area (Å²) in [7, 11) is 0. The predicted molar refractivity (Wildman–Crippen MR) is 66.2 cm³/mol. The fraction of sp³-hybridized carbons (Fsp3) is 0.417. The minimum Gasteiger partial charge on any atom is -0.334 e. The van der Waals surface area contributed by atoms with Gasteiger partial charge in [0.25, 0.3) is 11.6 Å². The molecule has 0 bridgehead atoms. The Kier molecular flexibility index (Phi) is 3.75. The number of carbonyl (C=O) groups excluding carboxylic acids is 1. The van der Waals surface area contributed by atoms with Crippen LogP contribution in [0.15, 0.2) is 18.2 Å². The largest absolute Gasteiger partial charge is 0.334 e. The number of nitrogens with two attached hydrogens (primary N) is 1. The van der Waals surface area contributed by atoms with Crippen LogP contribution in [0.1, 0.15) is 23.2 Å². The van der Waals surface area contributed by atoms with E-state index in [9.17, 15) is 19.3 Å². The number of hydrogen-bond donors (Lipinski definition) is 1. The molecule has 1 heterocycles. The fourth-order valence-electron chi connectivity index (χ4n) is 2.29. The van der Waals surface area contributed by atoms with Gasteiger partial charge < -0.3 is 10.6 Å². The smallest absolute Gasteiger partial charge is 0.272 e. The van der Waals surface area contributed by atoms with Crippen molar-refractivity contribution in [1.82, 2.24) is 4.90 Å². The zero-order chi connectivity index (χ0) is 14.0. The maximum Gasteiger partial charge on any atom is 0.272 e. The first-order valence-corrected chi connectivity index (χ1v) is 5.99. The van der Waals surface area contributed by atoms with Crippen LogP contribution in [0.3, 0.4) is 0 Å². The normalized spacial score (nSPS) is 18.6. The summed E-state index contributed by atoms with van der Waals surface area (Å²) in [6.45, 7) is 0.872. The Morgan fingerprint density at radius 2 is 2.32 bits per heavy atom. The first-order chi connectivity index (χ1) is 9.04. The number of non-ortho nitro benzene ring substituents is 1. The van der Waals surface area contributed by atoms with Gasteiger partial charge in [0.2, 0.25) is 0 Å². The van der Waals surface area contributed by atoms with Crippen molar-refractivity contribution in [3.8, 4) is 0 Å². The average molecular weight is 267 g/mol. The number of halogens is 1. The van der Waals surface area contributed by atoms with Crippen molar-refractivity contribution in [2.45, 2.75) is 18.9 Å². The van der Waals surface area contributed by atoms with E-state index in [0.717, 1.165) is 31.0 Å². The van der Waals surface area contributed by atoms with Crippen LogP contribution in [0.25, 0.3) is 0 Å². The highest BCUT2D eigenvalue weighted by molar-refractivity contribution is 5.95. The number of nitro groups is 1. The SMILES string of the molecule is NCC1CCCN1C(=O)c1ccc([N+](=O)[O-])cc1F. The number of benzene rings is 1. The summed E-state index contributed by atoms with van der Waals surface area (Å²) in [6, 6.07) is 2.97. The second-order valence-electron chi connectivity index (χ2n) is 4.45. The molecule has 0 spiro atoms. The Hall–Kier alpha value is -2.02. The number of amides is 1. The topological polar surface area (TPSA) is 89.5 Å². The van der Waals surface area contributed by atoms with Crippen LogP contribution in [0, 0.1) is 15.9 Å². The molecule has 1 aromatic rings. The van der Waals surface area contributed by atoms with E-state index < -0.39 is 16.6 Å². The molecule has 1 atom stereocenters. The first-order valence-electron chi connectivity index (χ1n) is 5.99. The lowest BCUT2D eigenvalue weighted by molar-refractivity contribution is -0.385. The molecule has 1 saturated heterocycles. The van der Waals surface area contributed by atoms with Gasteiger partial charge in [-0.05, 0) is 18.9 Å². The van der Waals surface area contributed by atoms with Gasteiger partial charge in [0.1, 0.15) is 5.82 Å². The van der Waals surface area contributed by atoms with E-state index in [4.69, 9.17) is 5.73 Å². The molecule has 1 aliphatic heterocycles. The Labute approximate surface area is 109 Å². The second kappa shape index (κ2) is 5.31. The molecule has 0 aromatic heterocycles. The molecule has 102 valence electrons. The highest BCUT2D eigenvalue weighted by atomic mass is 19.1. The zero-order valence-corrected chi connectivity index (χ0v) is 10.2. The monoisotopic (exact) mass is 267 g/mol. The Balaban J connectivity index is 2.26. The third-order valence-corrected chi connectivity index (χ3v) is 3.30. The highest BCUT2D eigenvalue weighted by Crippen LogP contribution is 2.22. The van der Waals surface area contributed by atoms with E-state index >= 15 is 0 Å². The van der Waals surface area contributed by atoms with Gasteiger partial charge in [0.05, 0.1) is 16.6 Å². The van der Waals surface area contributed by atoms with Crippen LogP contribution < -0.4 is 5.73 Å². The number of rotatable bonds is 3. The van der Waals surface area contributed by atoms with Crippen molar-refractivity contribution < 1.29 is 14.1 Å². The summed E-state index contributed by atoms with van der Waals surface area (Å²) < 4.78 is 13.8. The molecule has 1 amide bonds. The van der Waals surface area contributed by atoms with E-state index in [1.54, 1.807) is 0 Å². The predicted octanol–water partition coefficient (Wildman–Crippen LogP) is 1.30. The lowest BCUT2D eigenvalue weighted by Gasteiger charge is -2.23. The molecule has 19 heavy (non-hydrogen) atoms. The van der Waals surface area contributed by atoms with Gasteiger partial charge in [-0.2, -0.15) is 0 Å². The summed E-state index contributed by atoms with van der Waals surface area (Å²) in [5.41, 5.74) is 5.05. The Morgan fingerprint density at radius 3 is 2.89 bits per heavy atom. The van der Waals surface area contributed by atoms with Crippen LogP contribution in [0.4, 0.5) is 10.1 Å². The summed E-state index contributed by atoms with van der Waals surface area (Å²) in [4.78, 5) is 23.5. The van der Waals surface area contributed by atoms with Crippen molar-refractivity contribution in [3.05, 3.63) is 39.7 Å². The van der Waals surface area contributed by atoms with Gasteiger partial charge in [-0.3, -0.25) is 14.9 Å². The Morgan fingerprint density at radius 1 is 1.58 bits per heavy atom. The molecule has 1 aliphatic rings. The summed E-state index contributed by atoms with van der Waals surface area (Å²) in [5, 5.41) is 10.5. The number of nitrogens with zero attached hydrogens (tertiary/aromatic N) is 2. The Bertz CT molecular complexity index is 521. The number of nitro benzene ring substituents is 1. The van der Waals surface area contributed by atoms with Crippen molar-refractivity contribution in [1.29, 1.82) is 0 Å². The fourth-order valence-corrected chi connectivity index (χ4v) is 2.29. The standard InChI is InChI=1S/C12H14FN3O3/c13-11-6-8(16(18)19)3-4-10(11)12(17)15-5-1-2-9(15)7-14/h3-4,6,9H,1-2,5,7,14H2. The number of likely N-dealkylation sites (tertiary alicyclic amines) is 1. The molecule has 1 unspecified atom stereocenters. The van der Waals surface area contributed by atoms with Crippen LogP contribution >= 0.6 is 0 Å². The van der Waals surface area contributed by atoms with Gasteiger partial charge in [0.15, 0.2) is 0 Å². The quantitative estimate of drug-likeness (QED) is 0.660. The van der Waals surface area contributed by atoms with Crippen LogP contribution in [-0.4, -0.2) is 34.9 Å². The molecule has 0 aliphatic carbocycles.